The largest absolute Gasteiger partial charge is 0.504 e. The molecule has 0 fully saturated rings. The smallest absolute Gasteiger partial charge is 0.270 e. The van der Waals surface area contributed by atoms with E-state index in [2.05, 4.69) is 10.2 Å². The minimum absolute atomic E-state index is 0.0525. The summed E-state index contributed by atoms with van der Waals surface area (Å²) in [6.45, 7) is 0. The summed E-state index contributed by atoms with van der Waals surface area (Å²) in [6.07, 6.45) is 0. The molecule has 0 amide bonds. The molecule has 0 atom stereocenters. The van der Waals surface area contributed by atoms with Crippen molar-refractivity contribution < 1.29 is 10.0 Å². The van der Waals surface area contributed by atoms with Crippen LogP contribution in [0.3, 0.4) is 0 Å². The highest BCUT2D eigenvalue weighted by Crippen LogP contribution is 2.25. The van der Waals surface area contributed by atoms with Crippen LogP contribution >= 0.6 is 0 Å². The van der Waals surface area contributed by atoms with Crippen molar-refractivity contribution in [2.75, 3.05) is 0 Å². The highest BCUT2D eigenvalue weighted by atomic mass is 16.6. The van der Waals surface area contributed by atoms with E-state index >= 15 is 0 Å². The van der Waals surface area contributed by atoms with Gasteiger partial charge in [-0.1, -0.05) is 30.3 Å². The number of allylic oxidation sites excluding steroid dienone is 1. The third-order valence-electron chi connectivity index (χ3n) is 2.95. The molecule has 2 aromatic rings. The molecule has 0 aliphatic heterocycles. The predicted octanol–water partition coefficient (Wildman–Crippen LogP) is 4.00. The third kappa shape index (κ3) is 3.59. The molecule has 0 aromatic heterocycles. The molecule has 0 bridgehead atoms. The van der Waals surface area contributed by atoms with Crippen molar-refractivity contribution in [3.8, 4) is 12.1 Å². The lowest BCUT2D eigenvalue weighted by Gasteiger charge is -2.00. The first-order valence-corrected chi connectivity index (χ1v) is 6.56. The van der Waals surface area contributed by atoms with E-state index in [0.717, 1.165) is 6.07 Å². The first kappa shape index (κ1) is 16.3. The lowest BCUT2D eigenvalue weighted by molar-refractivity contribution is -0.384. The van der Waals surface area contributed by atoms with Crippen molar-refractivity contribution in [1.29, 1.82) is 10.5 Å². The zero-order valence-electron chi connectivity index (χ0n) is 12.1. The number of aliphatic hydroxyl groups excluding tert-OH is 1. The Hall–Kier alpha value is -4.04. The maximum Gasteiger partial charge on any atom is 0.270 e. The van der Waals surface area contributed by atoms with Gasteiger partial charge in [-0.05, 0) is 6.07 Å². The number of nitrogens with zero attached hydrogens (tertiary/aromatic N) is 5. The molecule has 2 rings (SSSR count). The van der Waals surface area contributed by atoms with Crippen LogP contribution in [0.15, 0.2) is 64.5 Å². The van der Waals surface area contributed by atoms with Crippen LogP contribution in [-0.2, 0) is 0 Å². The van der Waals surface area contributed by atoms with Crippen LogP contribution in [0.1, 0.15) is 11.1 Å². The Morgan fingerprint density at radius 3 is 2.46 bits per heavy atom. The van der Waals surface area contributed by atoms with Crippen molar-refractivity contribution >= 4 is 17.1 Å². The average molecular weight is 319 g/mol. The second-order valence-electron chi connectivity index (χ2n) is 4.45. The number of benzene rings is 2. The van der Waals surface area contributed by atoms with E-state index in [-0.39, 0.29) is 28.4 Å². The highest BCUT2D eigenvalue weighted by Gasteiger charge is 2.11. The van der Waals surface area contributed by atoms with Crippen molar-refractivity contribution in [2.24, 2.45) is 10.2 Å². The number of azo groups is 1. The van der Waals surface area contributed by atoms with Crippen LogP contribution in [0.5, 0.6) is 0 Å². The number of nitriles is 2. The molecule has 8 nitrogen and oxygen atoms in total. The second-order valence-corrected chi connectivity index (χ2v) is 4.45. The van der Waals surface area contributed by atoms with Gasteiger partial charge in [-0.25, -0.2) is 0 Å². The van der Waals surface area contributed by atoms with Gasteiger partial charge in [-0.2, -0.15) is 10.5 Å². The van der Waals surface area contributed by atoms with Crippen molar-refractivity contribution in [3.05, 3.63) is 75.5 Å². The number of non-ortho nitro benzene ring substituents is 1. The molecule has 0 saturated heterocycles. The molecule has 1 N–H and O–H groups in total. The summed E-state index contributed by atoms with van der Waals surface area (Å²) < 4.78 is 0. The molecule has 0 aliphatic carbocycles. The Morgan fingerprint density at radius 1 is 1.17 bits per heavy atom. The van der Waals surface area contributed by atoms with Crippen LogP contribution in [0.4, 0.5) is 11.4 Å². The number of nitro benzene ring substituents is 1. The van der Waals surface area contributed by atoms with E-state index in [1.54, 1.807) is 42.5 Å². The van der Waals surface area contributed by atoms with Crippen LogP contribution < -0.4 is 0 Å². The SMILES string of the molecule is N#CC(/N=N/c1ccc([N+](=O)[O-])cc1C#N)=C(\O)c1ccccc1. The Kier molecular flexibility index (Phi) is 4.96. The standard InChI is InChI=1S/C16H9N5O3/c17-9-12-8-13(21(23)24)6-7-14(12)19-20-15(10-18)16(22)11-4-2-1-3-5-11/h1-8,22H/b16-15+,20-19+. The molecule has 0 heterocycles. The fourth-order valence-electron chi connectivity index (χ4n) is 1.77. The number of rotatable bonds is 4. The summed E-state index contributed by atoms with van der Waals surface area (Å²) >= 11 is 0. The minimum atomic E-state index is -0.635. The van der Waals surface area contributed by atoms with Crippen molar-refractivity contribution in [2.45, 2.75) is 0 Å². The van der Waals surface area contributed by atoms with Crippen LogP contribution in [0.2, 0.25) is 0 Å². The molecule has 116 valence electrons. The van der Waals surface area contributed by atoms with E-state index < -0.39 is 4.92 Å². The molecule has 0 aliphatic rings. The normalized spacial score (nSPS) is 11.4. The first-order valence-electron chi connectivity index (χ1n) is 6.56. The Morgan fingerprint density at radius 2 is 1.88 bits per heavy atom. The molecule has 0 unspecified atom stereocenters. The van der Waals surface area contributed by atoms with Gasteiger partial charge in [-0.3, -0.25) is 10.1 Å². The van der Waals surface area contributed by atoms with Gasteiger partial charge in [-0.15, -0.1) is 10.2 Å². The summed E-state index contributed by atoms with van der Waals surface area (Å²) in [6, 6.07) is 15.3. The van der Waals surface area contributed by atoms with Gasteiger partial charge >= 0.3 is 0 Å². The Labute approximate surface area is 136 Å². The maximum absolute atomic E-state index is 10.7. The second kappa shape index (κ2) is 7.29. The van der Waals surface area contributed by atoms with Gasteiger partial charge in [0.1, 0.15) is 17.8 Å². The fraction of sp³-hybridized carbons (Fsp3) is 0. The van der Waals surface area contributed by atoms with Gasteiger partial charge in [0.05, 0.1) is 10.5 Å². The molecule has 8 heteroatoms. The molecule has 0 spiro atoms. The van der Waals surface area contributed by atoms with E-state index in [9.17, 15) is 15.2 Å². The monoisotopic (exact) mass is 319 g/mol. The van der Waals surface area contributed by atoms with Crippen LogP contribution in [0, 0.1) is 32.8 Å². The topological polar surface area (TPSA) is 136 Å². The average Bonchev–Trinajstić information content (AvgIpc) is 2.62. The predicted molar refractivity (Wildman–Crippen MR) is 83.9 cm³/mol. The Balaban J connectivity index is 2.41. The summed E-state index contributed by atoms with van der Waals surface area (Å²) in [5.74, 6) is -0.359. The number of hydrogen-bond acceptors (Lipinski definition) is 7. The minimum Gasteiger partial charge on any atom is -0.504 e. The molecule has 24 heavy (non-hydrogen) atoms. The molecule has 2 aromatic carbocycles. The molecule has 0 radical (unpaired) electrons. The van der Waals surface area contributed by atoms with Gasteiger partial charge in [0.2, 0.25) is 5.70 Å². The summed E-state index contributed by atoms with van der Waals surface area (Å²) in [5.41, 5.74) is -0.226. The van der Waals surface area contributed by atoms with Gasteiger partial charge in [0.25, 0.3) is 5.69 Å². The molecular formula is C16H9N5O3. The van der Waals surface area contributed by atoms with Gasteiger partial charge < -0.3 is 5.11 Å². The van der Waals surface area contributed by atoms with E-state index in [1.807, 2.05) is 0 Å². The van der Waals surface area contributed by atoms with Crippen molar-refractivity contribution in [3.63, 3.8) is 0 Å². The number of aliphatic hydroxyl groups is 1. The van der Waals surface area contributed by atoms with E-state index in [4.69, 9.17) is 10.5 Å². The molecule has 0 saturated carbocycles. The first-order chi connectivity index (χ1) is 11.6. The van der Waals surface area contributed by atoms with E-state index in [1.165, 1.54) is 12.1 Å². The maximum atomic E-state index is 10.7. The quantitative estimate of drug-likeness (QED) is 0.298. The van der Waals surface area contributed by atoms with Crippen LogP contribution in [0.25, 0.3) is 5.76 Å². The highest BCUT2D eigenvalue weighted by molar-refractivity contribution is 5.65. The lowest BCUT2D eigenvalue weighted by atomic mass is 10.1. The van der Waals surface area contributed by atoms with Crippen LogP contribution in [-0.4, -0.2) is 10.0 Å². The van der Waals surface area contributed by atoms with Gasteiger partial charge in [0, 0.05) is 17.7 Å². The lowest BCUT2D eigenvalue weighted by Crippen LogP contribution is -1.89. The van der Waals surface area contributed by atoms with Gasteiger partial charge in [0.15, 0.2) is 5.76 Å². The Bertz CT molecular complexity index is 921. The summed E-state index contributed by atoms with van der Waals surface area (Å²) in [5, 5.41) is 46.3. The zero-order valence-corrected chi connectivity index (χ0v) is 12.1. The number of hydrogen-bond donors (Lipinski definition) is 1. The number of nitro groups is 1. The summed E-state index contributed by atoms with van der Waals surface area (Å²) in [7, 11) is 0. The van der Waals surface area contributed by atoms with Crippen molar-refractivity contribution in [1.82, 2.24) is 0 Å². The molecular weight excluding hydrogens is 310 g/mol. The third-order valence-corrected chi connectivity index (χ3v) is 2.95. The fourth-order valence-corrected chi connectivity index (χ4v) is 1.77. The summed E-state index contributed by atoms with van der Waals surface area (Å²) in [4.78, 5) is 10.1. The zero-order chi connectivity index (χ0) is 17.5. The van der Waals surface area contributed by atoms with E-state index in [0.29, 0.717) is 5.56 Å².